The molecule has 0 radical (unpaired) electrons. The number of primary amides is 1. The lowest BCUT2D eigenvalue weighted by Gasteiger charge is -2.38. The van der Waals surface area contributed by atoms with Crippen molar-refractivity contribution in [2.24, 2.45) is 5.73 Å². The van der Waals surface area contributed by atoms with Crippen LogP contribution in [0.3, 0.4) is 0 Å². The largest absolute Gasteiger partial charge is 0.489 e. The Morgan fingerprint density at radius 3 is 2.81 bits per heavy atom. The number of fused-ring (bicyclic) bond motifs is 1. The Kier molecular flexibility index (Phi) is 4.83. The van der Waals surface area contributed by atoms with E-state index in [0.29, 0.717) is 30.2 Å². The van der Waals surface area contributed by atoms with Crippen molar-refractivity contribution >= 4 is 5.91 Å². The minimum atomic E-state index is -0.540. The third-order valence-corrected chi connectivity index (χ3v) is 3.95. The van der Waals surface area contributed by atoms with Gasteiger partial charge in [-0.25, -0.2) is 4.39 Å². The average molecular weight is 294 g/mol. The second kappa shape index (κ2) is 6.43. The van der Waals surface area contributed by atoms with Gasteiger partial charge in [0.05, 0.1) is 0 Å². The van der Waals surface area contributed by atoms with Gasteiger partial charge in [0.1, 0.15) is 6.61 Å². The number of nitrogens with two attached hydrogens (primary N) is 1. The topological polar surface area (TPSA) is 55.6 Å². The zero-order valence-electron chi connectivity index (χ0n) is 12.9. The minimum Gasteiger partial charge on any atom is -0.489 e. The number of hydrogen-bond acceptors (Lipinski definition) is 3. The fourth-order valence-corrected chi connectivity index (χ4v) is 3.00. The molecular weight excluding hydrogens is 271 g/mol. The van der Waals surface area contributed by atoms with Crippen molar-refractivity contribution in [2.45, 2.75) is 45.7 Å². The van der Waals surface area contributed by atoms with Gasteiger partial charge in [0.2, 0.25) is 5.91 Å². The lowest BCUT2D eigenvalue weighted by Crippen LogP contribution is -2.47. The van der Waals surface area contributed by atoms with E-state index in [2.05, 4.69) is 25.7 Å². The first-order chi connectivity index (χ1) is 9.95. The van der Waals surface area contributed by atoms with Gasteiger partial charge in [-0.05, 0) is 45.4 Å². The molecule has 0 spiro atoms. The SMILES string of the molecule is CCCN(C(C)C)[C@@H]1COc2c(F)ccc(C(N)=O)c2C1. The molecule has 0 bridgehead atoms. The number of hydrogen-bond donors (Lipinski definition) is 1. The molecule has 1 heterocycles. The number of rotatable bonds is 5. The third-order valence-electron chi connectivity index (χ3n) is 3.95. The summed E-state index contributed by atoms with van der Waals surface area (Å²) in [6.07, 6.45) is 1.62. The number of carbonyl (C=O) groups is 1. The van der Waals surface area contributed by atoms with Gasteiger partial charge in [0, 0.05) is 23.2 Å². The molecule has 2 N–H and O–H groups in total. The van der Waals surface area contributed by atoms with Gasteiger partial charge in [-0.1, -0.05) is 6.92 Å². The first-order valence-corrected chi connectivity index (χ1v) is 7.45. The fourth-order valence-electron chi connectivity index (χ4n) is 3.00. The summed E-state index contributed by atoms with van der Waals surface area (Å²) < 4.78 is 19.5. The molecule has 0 saturated carbocycles. The Bertz CT molecular complexity index is 531. The first-order valence-electron chi connectivity index (χ1n) is 7.45. The maximum Gasteiger partial charge on any atom is 0.249 e. The minimum absolute atomic E-state index is 0.136. The molecule has 0 saturated heterocycles. The van der Waals surface area contributed by atoms with Crippen LogP contribution < -0.4 is 10.5 Å². The lowest BCUT2D eigenvalue weighted by atomic mass is 9.95. The van der Waals surface area contributed by atoms with Crippen molar-refractivity contribution in [3.05, 3.63) is 29.1 Å². The van der Waals surface area contributed by atoms with Gasteiger partial charge >= 0.3 is 0 Å². The van der Waals surface area contributed by atoms with Crippen molar-refractivity contribution in [1.29, 1.82) is 0 Å². The standard InChI is InChI=1S/C16H23FN2O2/c1-4-7-19(10(2)3)11-8-13-12(16(18)20)5-6-14(17)15(13)21-9-11/h5-6,10-11H,4,7-9H2,1-3H3,(H2,18,20)/t11-/m0/s1. The van der Waals surface area contributed by atoms with Crippen molar-refractivity contribution < 1.29 is 13.9 Å². The quantitative estimate of drug-likeness (QED) is 0.907. The number of amides is 1. The third kappa shape index (κ3) is 3.18. The fraction of sp³-hybridized carbons (Fsp3) is 0.562. The van der Waals surface area contributed by atoms with Crippen LogP contribution >= 0.6 is 0 Å². The molecule has 116 valence electrons. The van der Waals surface area contributed by atoms with Crippen LogP contribution in [0.15, 0.2) is 12.1 Å². The van der Waals surface area contributed by atoms with E-state index in [4.69, 9.17) is 10.5 Å². The molecule has 0 aliphatic carbocycles. The molecule has 5 heteroatoms. The van der Waals surface area contributed by atoms with Crippen LogP contribution in [-0.2, 0) is 6.42 Å². The highest BCUT2D eigenvalue weighted by molar-refractivity contribution is 5.95. The molecular formula is C16H23FN2O2. The van der Waals surface area contributed by atoms with E-state index in [1.807, 2.05) is 0 Å². The number of carbonyl (C=O) groups excluding carboxylic acids is 1. The summed E-state index contributed by atoms with van der Waals surface area (Å²) in [6.45, 7) is 7.77. The smallest absolute Gasteiger partial charge is 0.249 e. The number of halogens is 1. The zero-order valence-corrected chi connectivity index (χ0v) is 12.9. The maximum absolute atomic E-state index is 13.9. The predicted molar refractivity (Wildman–Crippen MR) is 80.0 cm³/mol. The molecule has 2 rings (SSSR count). The summed E-state index contributed by atoms with van der Waals surface area (Å²) in [7, 11) is 0. The Morgan fingerprint density at radius 1 is 1.52 bits per heavy atom. The number of nitrogens with zero attached hydrogens (tertiary/aromatic N) is 1. The van der Waals surface area contributed by atoms with Gasteiger partial charge in [0.15, 0.2) is 11.6 Å². The summed E-state index contributed by atoms with van der Waals surface area (Å²) >= 11 is 0. The van der Waals surface area contributed by atoms with E-state index in [-0.39, 0.29) is 11.8 Å². The van der Waals surface area contributed by atoms with Crippen LogP contribution in [0.1, 0.15) is 43.1 Å². The highest BCUT2D eigenvalue weighted by Crippen LogP contribution is 2.32. The monoisotopic (exact) mass is 294 g/mol. The second-order valence-corrected chi connectivity index (χ2v) is 5.77. The van der Waals surface area contributed by atoms with Gasteiger partial charge < -0.3 is 10.5 Å². The van der Waals surface area contributed by atoms with E-state index in [9.17, 15) is 9.18 Å². The van der Waals surface area contributed by atoms with E-state index in [1.54, 1.807) is 0 Å². The Balaban J connectivity index is 2.34. The van der Waals surface area contributed by atoms with Crippen molar-refractivity contribution in [3.8, 4) is 5.75 Å². The molecule has 0 aromatic heterocycles. The Morgan fingerprint density at radius 2 is 2.24 bits per heavy atom. The lowest BCUT2D eigenvalue weighted by molar-refractivity contribution is 0.0883. The van der Waals surface area contributed by atoms with Crippen LogP contribution in [0.5, 0.6) is 5.75 Å². The summed E-state index contributed by atoms with van der Waals surface area (Å²) in [5.74, 6) is -0.787. The molecule has 21 heavy (non-hydrogen) atoms. The molecule has 1 aromatic rings. The Hall–Kier alpha value is -1.62. The van der Waals surface area contributed by atoms with Crippen molar-refractivity contribution in [1.82, 2.24) is 4.90 Å². The first kappa shape index (κ1) is 15.8. The summed E-state index contributed by atoms with van der Waals surface area (Å²) in [5, 5.41) is 0. The molecule has 1 aliphatic rings. The van der Waals surface area contributed by atoms with Gasteiger partial charge in [0.25, 0.3) is 0 Å². The van der Waals surface area contributed by atoms with E-state index in [1.165, 1.54) is 12.1 Å². The predicted octanol–water partition coefficient (Wildman–Crippen LogP) is 2.35. The molecule has 1 aliphatic heterocycles. The maximum atomic E-state index is 13.9. The van der Waals surface area contributed by atoms with Crippen molar-refractivity contribution in [2.75, 3.05) is 13.2 Å². The second-order valence-electron chi connectivity index (χ2n) is 5.77. The van der Waals surface area contributed by atoms with Crippen LogP contribution in [0.25, 0.3) is 0 Å². The van der Waals surface area contributed by atoms with Crippen LogP contribution in [0, 0.1) is 5.82 Å². The highest BCUT2D eigenvalue weighted by Gasteiger charge is 2.30. The zero-order chi connectivity index (χ0) is 15.6. The van der Waals surface area contributed by atoms with Gasteiger partial charge in [-0.15, -0.1) is 0 Å². The summed E-state index contributed by atoms with van der Waals surface area (Å²) in [5.41, 5.74) is 6.35. The number of ether oxygens (including phenoxy) is 1. The molecule has 1 amide bonds. The normalized spacial score (nSPS) is 17.7. The van der Waals surface area contributed by atoms with Gasteiger partial charge in [-0.2, -0.15) is 0 Å². The van der Waals surface area contributed by atoms with E-state index in [0.717, 1.165) is 13.0 Å². The number of benzene rings is 1. The Labute approximate surface area is 125 Å². The van der Waals surface area contributed by atoms with Crippen molar-refractivity contribution in [3.63, 3.8) is 0 Å². The van der Waals surface area contributed by atoms with E-state index < -0.39 is 11.7 Å². The molecule has 1 atom stereocenters. The van der Waals surface area contributed by atoms with Gasteiger partial charge in [-0.3, -0.25) is 9.69 Å². The summed E-state index contributed by atoms with van der Waals surface area (Å²) in [4.78, 5) is 13.9. The molecule has 0 fully saturated rings. The van der Waals surface area contributed by atoms with E-state index >= 15 is 0 Å². The molecule has 1 aromatic carbocycles. The molecule has 0 unspecified atom stereocenters. The summed E-state index contributed by atoms with van der Waals surface area (Å²) in [6, 6.07) is 3.19. The molecule has 4 nitrogen and oxygen atoms in total. The van der Waals surface area contributed by atoms with Crippen LogP contribution in [-0.4, -0.2) is 36.0 Å². The average Bonchev–Trinajstić information content (AvgIpc) is 2.44. The van der Waals surface area contributed by atoms with Crippen LogP contribution in [0.2, 0.25) is 0 Å². The highest BCUT2D eigenvalue weighted by atomic mass is 19.1. The van der Waals surface area contributed by atoms with Crippen LogP contribution in [0.4, 0.5) is 4.39 Å².